The van der Waals surface area contributed by atoms with Crippen LogP contribution in [0.1, 0.15) is 22.8 Å². The molecule has 0 atom stereocenters. The zero-order valence-corrected chi connectivity index (χ0v) is 13.7. The number of benzene rings is 2. The van der Waals surface area contributed by atoms with Crippen molar-refractivity contribution >= 4 is 16.9 Å². The van der Waals surface area contributed by atoms with Crippen molar-refractivity contribution in [3.05, 3.63) is 75.6 Å². The minimum atomic E-state index is -1.15. The van der Waals surface area contributed by atoms with Gasteiger partial charge >= 0.3 is 5.97 Å². The maximum Gasteiger partial charge on any atom is 0.343 e. The van der Waals surface area contributed by atoms with Gasteiger partial charge < -0.3 is 9.30 Å². The Morgan fingerprint density at radius 2 is 1.84 bits per heavy atom. The van der Waals surface area contributed by atoms with Crippen LogP contribution >= 0.6 is 0 Å². The lowest BCUT2D eigenvalue weighted by atomic mass is 10.1. The molecule has 0 N–H and O–H groups in total. The Morgan fingerprint density at radius 3 is 2.52 bits per heavy atom. The van der Waals surface area contributed by atoms with E-state index in [9.17, 15) is 18.4 Å². The lowest BCUT2D eigenvalue weighted by Gasteiger charge is -2.15. The first-order valence-corrected chi connectivity index (χ1v) is 7.71. The fourth-order valence-electron chi connectivity index (χ4n) is 2.71. The molecule has 0 aliphatic heterocycles. The quantitative estimate of drug-likeness (QED) is 0.681. The number of pyridine rings is 1. The number of hydrogen-bond acceptors (Lipinski definition) is 3. The van der Waals surface area contributed by atoms with Gasteiger partial charge in [-0.3, -0.25) is 4.79 Å². The number of nitrogens with zero attached hydrogens (tertiary/aromatic N) is 1. The molecule has 25 heavy (non-hydrogen) atoms. The van der Waals surface area contributed by atoms with E-state index in [4.69, 9.17) is 4.74 Å². The van der Waals surface area contributed by atoms with Crippen LogP contribution in [-0.2, 0) is 4.74 Å². The summed E-state index contributed by atoms with van der Waals surface area (Å²) in [6.45, 7) is 3.55. The summed E-state index contributed by atoms with van der Waals surface area (Å²) >= 11 is 0. The third-order valence-electron chi connectivity index (χ3n) is 3.92. The first-order chi connectivity index (χ1) is 11.9. The van der Waals surface area contributed by atoms with Crippen LogP contribution < -0.4 is 5.43 Å². The highest BCUT2D eigenvalue weighted by molar-refractivity contribution is 5.94. The van der Waals surface area contributed by atoms with Crippen LogP contribution in [-0.4, -0.2) is 17.1 Å². The van der Waals surface area contributed by atoms with Crippen molar-refractivity contribution in [2.45, 2.75) is 13.8 Å². The molecule has 1 aromatic heterocycles. The number of hydrogen-bond donors (Lipinski definition) is 0. The molecular weight excluding hydrogens is 328 g/mol. The number of aryl methyl sites for hydroxylation is 1. The number of fused-ring (bicyclic) bond motifs is 1. The number of rotatable bonds is 3. The molecule has 128 valence electrons. The average molecular weight is 343 g/mol. The van der Waals surface area contributed by atoms with Gasteiger partial charge in [-0.1, -0.05) is 18.2 Å². The van der Waals surface area contributed by atoms with E-state index in [2.05, 4.69) is 0 Å². The minimum Gasteiger partial charge on any atom is -0.462 e. The van der Waals surface area contributed by atoms with Crippen LogP contribution in [0.15, 0.2) is 47.4 Å². The van der Waals surface area contributed by atoms with Crippen molar-refractivity contribution < 1.29 is 18.3 Å². The van der Waals surface area contributed by atoms with E-state index >= 15 is 0 Å². The molecule has 4 nitrogen and oxygen atoms in total. The van der Waals surface area contributed by atoms with Crippen LogP contribution in [0, 0.1) is 18.6 Å². The van der Waals surface area contributed by atoms with E-state index < -0.39 is 23.0 Å². The molecular formula is C19H15F2NO3. The molecule has 0 saturated heterocycles. The molecule has 6 heteroatoms. The third-order valence-corrected chi connectivity index (χ3v) is 3.92. The molecule has 0 fully saturated rings. The molecule has 0 aliphatic carbocycles. The van der Waals surface area contributed by atoms with Crippen LogP contribution in [0.25, 0.3) is 16.6 Å². The summed E-state index contributed by atoms with van der Waals surface area (Å²) < 4.78 is 33.9. The number of ether oxygens (including phenoxy) is 1. The number of aromatic nitrogens is 1. The second-order valence-electron chi connectivity index (χ2n) is 5.53. The summed E-state index contributed by atoms with van der Waals surface area (Å²) in [5.41, 5.74) is 0.725. The normalized spacial score (nSPS) is 10.9. The van der Waals surface area contributed by atoms with Gasteiger partial charge in [0.2, 0.25) is 5.43 Å². The highest BCUT2D eigenvalue weighted by Crippen LogP contribution is 2.23. The molecule has 0 radical (unpaired) electrons. The summed E-state index contributed by atoms with van der Waals surface area (Å²) in [6, 6.07) is 8.96. The van der Waals surface area contributed by atoms with Crippen molar-refractivity contribution in [3.8, 4) is 5.69 Å². The molecule has 0 bridgehead atoms. The van der Waals surface area contributed by atoms with E-state index in [0.717, 1.165) is 17.7 Å². The van der Waals surface area contributed by atoms with E-state index in [0.29, 0.717) is 5.69 Å². The molecule has 3 aromatic rings. The summed E-state index contributed by atoms with van der Waals surface area (Å²) in [7, 11) is 0. The first-order valence-electron chi connectivity index (χ1n) is 7.71. The van der Waals surface area contributed by atoms with Gasteiger partial charge in [-0.2, -0.15) is 0 Å². The van der Waals surface area contributed by atoms with Gasteiger partial charge in [0, 0.05) is 18.0 Å². The van der Waals surface area contributed by atoms with E-state index in [1.807, 2.05) is 19.1 Å². The van der Waals surface area contributed by atoms with Crippen LogP contribution in [0.2, 0.25) is 0 Å². The Balaban J connectivity index is 2.44. The molecule has 3 rings (SSSR count). The number of para-hydroxylation sites is 1. The summed E-state index contributed by atoms with van der Waals surface area (Å²) in [4.78, 5) is 24.7. The monoisotopic (exact) mass is 343 g/mol. The van der Waals surface area contributed by atoms with Gasteiger partial charge in [-0.05, 0) is 31.5 Å². The molecule has 2 aromatic carbocycles. The van der Waals surface area contributed by atoms with Crippen molar-refractivity contribution in [2.75, 3.05) is 6.61 Å². The number of carbonyl (C=O) groups excluding carboxylic acids is 1. The van der Waals surface area contributed by atoms with Gasteiger partial charge in [-0.25, -0.2) is 13.6 Å². The van der Waals surface area contributed by atoms with Gasteiger partial charge in [-0.15, -0.1) is 0 Å². The summed E-state index contributed by atoms with van der Waals surface area (Å²) in [5.74, 6) is -3.03. The van der Waals surface area contributed by atoms with Gasteiger partial charge in [0.1, 0.15) is 5.56 Å². The summed E-state index contributed by atoms with van der Waals surface area (Å²) in [6.07, 6.45) is 1.31. The highest BCUT2D eigenvalue weighted by atomic mass is 19.2. The zero-order valence-electron chi connectivity index (χ0n) is 13.7. The maximum absolute atomic E-state index is 13.8. The van der Waals surface area contributed by atoms with Gasteiger partial charge in [0.25, 0.3) is 0 Å². The zero-order chi connectivity index (χ0) is 18.1. The van der Waals surface area contributed by atoms with Crippen molar-refractivity contribution in [3.63, 3.8) is 0 Å². The predicted octanol–water partition coefficient (Wildman–Crippen LogP) is 3.75. The Hall–Kier alpha value is -3.02. The Bertz CT molecular complexity index is 1040. The Kier molecular flexibility index (Phi) is 4.35. The van der Waals surface area contributed by atoms with Crippen molar-refractivity contribution in [1.82, 2.24) is 4.57 Å². The molecule has 1 heterocycles. The van der Waals surface area contributed by atoms with Crippen molar-refractivity contribution in [2.24, 2.45) is 0 Å². The lowest BCUT2D eigenvalue weighted by Crippen LogP contribution is -2.21. The number of halogens is 2. The smallest absolute Gasteiger partial charge is 0.343 e. The molecule has 0 aliphatic rings. The Labute approximate surface area is 142 Å². The Morgan fingerprint density at radius 1 is 1.16 bits per heavy atom. The van der Waals surface area contributed by atoms with Gasteiger partial charge in [0.15, 0.2) is 11.6 Å². The molecule has 0 unspecified atom stereocenters. The SMILES string of the molecule is CCOC(=O)c1cn(-c2ccccc2C)c2cc(F)c(F)cc2c1=O. The molecule has 0 saturated carbocycles. The number of esters is 1. The van der Waals surface area contributed by atoms with Crippen molar-refractivity contribution in [1.29, 1.82) is 0 Å². The molecule has 0 spiro atoms. The first kappa shape index (κ1) is 16.8. The van der Waals surface area contributed by atoms with Crippen LogP contribution in [0.3, 0.4) is 0 Å². The largest absolute Gasteiger partial charge is 0.462 e. The fourth-order valence-corrected chi connectivity index (χ4v) is 2.71. The second kappa shape index (κ2) is 6.47. The van der Waals surface area contributed by atoms with Crippen LogP contribution in [0.4, 0.5) is 8.78 Å². The standard InChI is InChI=1S/C19H15F2NO3/c1-3-25-19(24)13-10-22(16-7-5-4-6-11(16)2)17-9-15(21)14(20)8-12(17)18(13)23/h4-10H,3H2,1-2H3. The maximum atomic E-state index is 13.8. The third kappa shape index (κ3) is 2.91. The predicted molar refractivity (Wildman–Crippen MR) is 90.2 cm³/mol. The number of carbonyl (C=O) groups is 1. The average Bonchev–Trinajstić information content (AvgIpc) is 2.58. The fraction of sp³-hybridized carbons (Fsp3) is 0.158. The van der Waals surface area contributed by atoms with E-state index in [1.165, 1.54) is 10.8 Å². The van der Waals surface area contributed by atoms with E-state index in [1.54, 1.807) is 19.1 Å². The second-order valence-corrected chi connectivity index (χ2v) is 5.53. The van der Waals surface area contributed by atoms with Gasteiger partial charge in [0.05, 0.1) is 17.5 Å². The van der Waals surface area contributed by atoms with Crippen LogP contribution in [0.5, 0.6) is 0 Å². The summed E-state index contributed by atoms with van der Waals surface area (Å²) in [5, 5.41) is -0.0901. The lowest BCUT2D eigenvalue weighted by molar-refractivity contribution is 0.0524. The topological polar surface area (TPSA) is 48.3 Å². The van der Waals surface area contributed by atoms with E-state index in [-0.39, 0.29) is 23.1 Å². The molecule has 0 amide bonds. The minimum absolute atomic E-state index is 0.0901. The highest BCUT2D eigenvalue weighted by Gasteiger charge is 2.19.